The van der Waals surface area contributed by atoms with Crippen molar-refractivity contribution in [3.8, 4) is 0 Å². The van der Waals surface area contributed by atoms with Crippen LogP contribution in [0.2, 0.25) is 5.02 Å². The van der Waals surface area contributed by atoms with Gasteiger partial charge in [0.05, 0.1) is 6.10 Å². The van der Waals surface area contributed by atoms with Gasteiger partial charge in [-0.2, -0.15) is 0 Å². The SMILES string of the molecule is COC1CN(Cc2ccc(/C(N)=N/O)cc2Cl)CCC1C. The maximum Gasteiger partial charge on any atom is 0.170 e. The van der Waals surface area contributed by atoms with E-state index in [2.05, 4.69) is 17.0 Å². The van der Waals surface area contributed by atoms with E-state index in [-0.39, 0.29) is 11.9 Å². The number of nitrogens with two attached hydrogens (primary N) is 1. The summed E-state index contributed by atoms with van der Waals surface area (Å²) in [4.78, 5) is 2.35. The Hall–Kier alpha value is -1.30. The molecule has 0 aliphatic carbocycles. The molecule has 1 heterocycles. The number of halogens is 1. The summed E-state index contributed by atoms with van der Waals surface area (Å²) in [5.74, 6) is 0.652. The van der Waals surface area contributed by atoms with Crippen LogP contribution in [0.15, 0.2) is 23.4 Å². The first-order chi connectivity index (χ1) is 10.0. The lowest BCUT2D eigenvalue weighted by atomic mass is 9.95. The Labute approximate surface area is 130 Å². The summed E-state index contributed by atoms with van der Waals surface area (Å²) < 4.78 is 5.53. The highest BCUT2D eigenvalue weighted by Gasteiger charge is 2.26. The number of nitrogens with zero attached hydrogens (tertiary/aromatic N) is 2. The first-order valence-electron chi connectivity index (χ1n) is 7.06. The minimum Gasteiger partial charge on any atom is -0.409 e. The summed E-state index contributed by atoms with van der Waals surface area (Å²) in [6, 6.07) is 5.47. The van der Waals surface area contributed by atoms with Crippen LogP contribution in [-0.4, -0.2) is 42.2 Å². The highest BCUT2D eigenvalue weighted by atomic mass is 35.5. The molecule has 6 heteroatoms. The molecule has 1 aromatic rings. The van der Waals surface area contributed by atoms with Crippen LogP contribution in [0.4, 0.5) is 0 Å². The molecule has 116 valence electrons. The van der Waals surface area contributed by atoms with E-state index in [0.29, 0.717) is 16.5 Å². The molecule has 2 atom stereocenters. The number of rotatable bonds is 4. The predicted octanol–water partition coefficient (Wildman–Crippen LogP) is 2.29. The van der Waals surface area contributed by atoms with Crippen molar-refractivity contribution in [3.05, 3.63) is 34.3 Å². The average Bonchev–Trinajstić information content (AvgIpc) is 2.50. The summed E-state index contributed by atoms with van der Waals surface area (Å²) in [7, 11) is 1.77. The maximum absolute atomic E-state index is 8.69. The van der Waals surface area contributed by atoms with Gasteiger partial charge in [0.1, 0.15) is 0 Å². The van der Waals surface area contributed by atoms with Gasteiger partial charge in [-0.25, -0.2) is 0 Å². The molecule has 2 rings (SSSR count). The fraction of sp³-hybridized carbons (Fsp3) is 0.533. The Morgan fingerprint density at radius 2 is 2.33 bits per heavy atom. The zero-order chi connectivity index (χ0) is 15.4. The second-order valence-corrected chi connectivity index (χ2v) is 5.97. The third-order valence-corrected chi connectivity index (χ3v) is 4.48. The minimum absolute atomic E-state index is 0.0645. The molecular formula is C15H22ClN3O2. The third-order valence-electron chi connectivity index (χ3n) is 4.13. The molecule has 0 aromatic heterocycles. The summed E-state index contributed by atoms with van der Waals surface area (Å²) >= 11 is 6.30. The van der Waals surface area contributed by atoms with Crippen molar-refractivity contribution < 1.29 is 9.94 Å². The monoisotopic (exact) mass is 311 g/mol. The molecule has 1 aromatic carbocycles. The second-order valence-electron chi connectivity index (χ2n) is 5.57. The van der Waals surface area contributed by atoms with Gasteiger partial charge in [0, 0.05) is 30.8 Å². The van der Waals surface area contributed by atoms with Crippen molar-refractivity contribution in [1.29, 1.82) is 0 Å². The number of oxime groups is 1. The summed E-state index contributed by atoms with van der Waals surface area (Å²) in [5, 5.41) is 12.3. The van der Waals surface area contributed by atoms with E-state index in [0.717, 1.165) is 31.6 Å². The molecule has 0 spiro atoms. The van der Waals surface area contributed by atoms with Crippen LogP contribution in [0.5, 0.6) is 0 Å². The number of hydrogen-bond donors (Lipinski definition) is 2. The Kier molecular flexibility index (Phi) is 5.45. The predicted molar refractivity (Wildman–Crippen MR) is 83.8 cm³/mol. The zero-order valence-electron chi connectivity index (χ0n) is 12.4. The normalized spacial score (nSPS) is 24.2. The lowest BCUT2D eigenvalue weighted by Gasteiger charge is -2.36. The molecule has 1 aliphatic heterocycles. The standard InChI is InChI=1S/C15H22ClN3O2/c1-10-5-6-19(9-14(10)21-2)8-12-4-3-11(7-13(12)16)15(17)18-20/h3-4,7,10,14,20H,5-6,8-9H2,1-2H3,(H2,17,18). The summed E-state index contributed by atoms with van der Waals surface area (Å²) in [5.41, 5.74) is 7.22. The van der Waals surface area contributed by atoms with Gasteiger partial charge in [-0.05, 0) is 30.5 Å². The number of benzene rings is 1. The third kappa shape index (κ3) is 3.87. The number of likely N-dealkylation sites (tertiary alicyclic amines) is 1. The zero-order valence-corrected chi connectivity index (χ0v) is 13.2. The van der Waals surface area contributed by atoms with Gasteiger partial charge in [-0.15, -0.1) is 0 Å². The van der Waals surface area contributed by atoms with Crippen LogP contribution >= 0.6 is 11.6 Å². The first-order valence-corrected chi connectivity index (χ1v) is 7.44. The van der Waals surface area contributed by atoms with Crippen molar-refractivity contribution in [2.75, 3.05) is 20.2 Å². The van der Waals surface area contributed by atoms with Gasteiger partial charge in [-0.1, -0.05) is 35.8 Å². The average molecular weight is 312 g/mol. The topological polar surface area (TPSA) is 71.1 Å². The lowest BCUT2D eigenvalue weighted by Crippen LogP contribution is -2.43. The largest absolute Gasteiger partial charge is 0.409 e. The number of hydrogen-bond acceptors (Lipinski definition) is 4. The van der Waals surface area contributed by atoms with E-state index in [4.69, 9.17) is 27.3 Å². The number of piperidine rings is 1. The van der Waals surface area contributed by atoms with Crippen molar-refractivity contribution in [3.63, 3.8) is 0 Å². The van der Waals surface area contributed by atoms with E-state index >= 15 is 0 Å². The van der Waals surface area contributed by atoms with Gasteiger partial charge < -0.3 is 15.7 Å². The molecule has 1 fully saturated rings. The molecule has 0 radical (unpaired) electrons. The Morgan fingerprint density at radius 3 is 2.95 bits per heavy atom. The Balaban J connectivity index is 2.06. The Bertz CT molecular complexity index is 522. The van der Waals surface area contributed by atoms with Crippen LogP contribution in [0.25, 0.3) is 0 Å². The van der Waals surface area contributed by atoms with Crippen molar-refractivity contribution in [1.82, 2.24) is 4.90 Å². The van der Waals surface area contributed by atoms with E-state index < -0.39 is 0 Å². The molecule has 1 saturated heterocycles. The van der Waals surface area contributed by atoms with Gasteiger partial charge >= 0.3 is 0 Å². The number of ether oxygens (including phenoxy) is 1. The number of amidine groups is 1. The summed E-state index contributed by atoms with van der Waals surface area (Å²) in [6.07, 6.45) is 1.40. The van der Waals surface area contributed by atoms with Crippen LogP contribution in [0.1, 0.15) is 24.5 Å². The van der Waals surface area contributed by atoms with Gasteiger partial charge in [0.2, 0.25) is 0 Å². The van der Waals surface area contributed by atoms with Gasteiger partial charge in [-0.3, -0.25) is 4.90 Å². The van der Waals surface area contributed by atoms with Crippen molar-refractivity contribution in [2.24, 2.45) is 16.8 Å². The van der Waals surface area contributed by atoms with E-state index in [1.807, 2.05) is 12.1 Å². The first kappa shape index (κ1) is 16.1. The molecule has 3 N–H and O–H groups in total. The van der Waals surface area contributed by atoms with E-state index in [1.165, 1.54) is 0 Å². The maximum atomic E-state index is 8.69. The van der Waals surface area contributed by atoms with E-state index in [1.54, 1.807) is 13.2 Å². The fourth-order valence-corrected chi connectivity index (χ4v) is 2.92. The molecule has 0 bridgehead atoms. The highest BCUT2D eigenvalue weighted by molar-refractivity contribution is 6.31. The van der Waals surface area contributed by atoms with E-state index in [9.17, 15) is 0 Å². The molecule has 21 heavy (non-hydrogen) atoms. The fourth-order valence-electron chi connectivity index (χ4n) is 2.68. The molecule has 1 aliphatic rings. The number of methoxy groups -OCH3 is 1. The van der Waals surface area contributed by atoms with Crippen LogP contribution in [0.3, 0.4) is 0 Å². The molecule has 0 amide bonds. The van der Waals surface area contributed by atoms with Crippen LogP contribution < -0.4 is 5.73 Å². The smallest absolute Gasteiger partial charge is 0.170 e. The van der Waals surface area contributed by atoms with Crippen molar-refractivity contribution >= 4 is 17.4 Å². The summed E-state index contributed by atoms with van der Waals surface area (Å²) in [6.45, 7) is 4.96. The minimum atomic E-state index is 0.0645. The quantitative estimate of drug-likeness (QED) is 0.387. The van der Waals surface area contributed by atoms with Crippen molar-refractivity contribution in [2.45, 2.75) is 26.0 Å². The van der Waals surface area contributed by atoms with Crippen LogP contribution in [-0.2, 0) is 11.3 Å². The highest BCUT2D eigenvalue weighted by Crippen LogP contribution is 2.24. The van der Waals surface area contributed by atoms with Gasteiger partial charge in [0.25, 0.3) is 0 Å². The molecular weight excluding hydrogens is 290 g/mol. The van der Waals surface area contributed by atoms with Gasteiger partial charge in [0.15, 0.2) is 5.84 Å². The lowest BCUT2D eigenvalue weighted by molar-refractivity contribution is -0.00744. The second kappa shape index (κ2) is 7.11. The molecule has 0 saturated carbocycles. The molecule has 2 unspecified atom stereocenters. The Morgan fingerprint density at radius 1 is 1.57 bits per heavy atom. The molecule has 5 nitrogen and oxygen atoms in total. The van der Waals surface area contributed by atoms with Crippen LogP contribution in [0, 0.1) is 5.92 Å².